The minimum atomic E-state index is -4.36. The van der Waals surface area contributed by atoms with Crippen molar-refractivity contribution in [1.82, 2.24) is 9.44 Å². The number of amides is 2. The molecule has 8 aromatic rings. The van der Waals surface area contributed by atoms with E-state index in [9.17, 15) is 26.4 Å². The minimum absolute atomic E-state index is 0.0382. The maximum atomic E-state index is 14.0. The number of allylic oxidation sites excluding steroid dienone is 2. The van der Waals surface area contributed by atoms with Crippen LogP contribution in [0.2, 0.25) is 0 Å². The van der Waals surface area contributed by atoms with Crippen LogP contribution in [0.3, 0.4) is 0 Å². The topological polar surface area (TPSA) is 170 Å². The van der Waals surface area contributed by atoms with E-state index in [2.05, 4.69) is 22.6 Å². The second-order valence-electron chi connectivity index (χ2n) is 20.1. The van der Waals surface area contributed by atoms with E-state index < -0.39 is 45.1 Å². The third kappa shape index (κ3) is 11.9. The Morgan fingerprint density at radius 2 is 0.775 bits per heavy atom. The van der Waals surface area contributed by atoms with Gasteiger partial charge in [-0.2, -0.15) is 0 Å². The zero-order valence-electron chi connectivity index (χ0n) is 45.7. The van der Waals surface area contributed by atoms with Gasteiger partial charge in [-0.3, -0.25) is 9.59 Å². The maximum Gasteiger partial charge on any atom is 0.271 e. The van der Waals surface area contributed by atoms with Crippen molar-refractivity contribution in [2.45, 2.75) is 48.3 Å². The molecule has 1 aliphatic carbocycles. The molecule has 80 heavy (non-hydrogen) atoms. The molecule has 2 amide bonds. The van der Waals surface area contributed by atoms with E-state index in [1.165, 1.54) is 12.1 Å². The molecule has 0 saturated heterocycles. The standard InChI is InChI=1S/C64H64N4O10S2/c1-9-17-41-31-47-35-43-19-11-21-45(61(43)75-7)37-49-33-42(18-10-2)34-50(64(49)78-40-60(70)66-80(73,74)58-30-16-24-52-54(58)26-14-28-56(52)68(5)6)38-46-22-12-20-44(62(46)76-8)36-48(32-41)63(47)77-39-59(69)65-79(71,72)57-29-15-23-51-53(57)25-13-27-55(51)67(3)4/h9-16,19-34H,1-2,17-18,35-40H2,3-8H3,(H,65,69)(H,66,70). The number of hydrogen-bond donors (Lipinski definition) is 2. The molecule has 412 valence electrons. The van der Waals surface area contributed by atoms with Gasteiger partial charge in [-0.15, -0.1) is 13.2 Å². The number of para-hydroxylation sites is 2. The number of methoxy groups -OCH3 is 2. The van der Waals surface area contributed by atoms with Crippen LogP contribution in [-0.2, 0) is 68.2 Å². The van der Waals surface area contributed by atoms with Gasteiger partial charge in [0.25, 0.3) is 31.9 Å². The second-order valence-corrected chi connectivity index (χ2v) is 23.4. The molecule has 0 fully saturated rings. The van der Waals surface area contributed by atoms with E-state index in [1.54, 1.807) is 50.6 Å². The highest BCUT2D eigenvalue weighted by Gasteiger charge is 2.27. The monoisotopic (exact) mass is 1110 g/mol. The summed E-state index contributed by atoms with van der Waals surface area (Å²) in [7, 11) is 1.98. The summed E-state index contributed by atoms with van der Waals surface area (Å²) < 4.78 is 86.3. The first-order valence-corrected chi connectivity index (χ1v) is 29.0. The van der Waals surface area contributed by atoms with Gasteiger partial charge in [0.1, 0.15) is 23.0 Å². The third-order valence-corrected chi connectivity index (χ3v) is 17.0. The summed E-state index contributed by atoms with van der Waals surface area (Å²) in [5, 5.41) is 2.37. The molecular weight excluding hydrogens is 1050 g/mol. The highest BCUT2D eigenvalue weighted by Crippen LogP contribution is 2.41. The smallest absolute Gasteiger partial charge is 0.271 e. The zero-order valence-corrected chi connectivity index (χ0v) is 47.4. The predicted octanol–water partition coefficient (Wildman–Crippen LogP) is 10.0. The Morgan fingerprint density at radius 3 is 1.09 bits per heavy atom. The molecule has 14 nitrogen and oxygen atoms in total. The molecular formula is C64H64N4O10S2. The molecule has 8 aromatic carbocycles. The Hall–Kier alpha value is -8.60. The van der Waals surface area contributed by atoms with Gasteiger partial charge in [-0.05, 0) is 92.7 Å². The summed E-state index contributed by atoms with van der Waals surface area (Å²) in [4.78, 5) is 31.6. The summed E-state index contributed by atoms with van der Waals surface area (Å²) in [6.45, 7) is 6.80. The molecule has 9 rings (SSSR count). The molecule has 0 spiro atoms. The van der Waals surface area contributed by atoms with Gasteiger partial charge in [0.2, 0.25) is 0 Å². The molecule has 1 aliphatic rings. The average Bonchev–Trinajstić information content (AvgIpc) is 3.46. The highest BCUT2D eigenvalue weighted by atomic mass is 32.2. The van der Waals surface area contributed by atoms with Gasteiger partial charge in [0.15, 0.2) is 13.2 Å². The van der Waals surface area contributed by atoms with Crippen LogP contribution >= 0.6 is 0 Å². The van der Waals surface area contributed by atoms with Crippen molar-refractivity contribution in [2.24, 2.45) is 0 Å². The van der Waals surface area contributed by atoms with Gasteiger partial charge in [-0.1, -0.05) is 121 Å². The largest absolute Gasteiger partial charge is 0.496 e. The molecule has 0 aromatic heterocycles. The number of sulfonamides is 2. The summed E-state index contributed by atoms with van der Waals surface area (Å²) >= 11 is 0. The van der Waals surface area contributed by atoms with Crippen molar-refractivity contribution in [2.75, 3.05) is 65.4 Å². The Kier molecular flexibility index (Phi) is 16.7. The van der Waals surface area contributed by atoms with Crippen molar-refractivity contribution in [1.29, 1.82) is 0 Å². The number of rotatable bonds is 18. The lowest BCUT2D eigenvalue weighted by Crippen LogP contribution is -2.34. The minimum Gasteiger partial charge on any atom is -0.496 e. The molecule has 16 heteroatoms. The molecule has 0 saturated carbocycles. The van der Waals surface area contributed by atoms with Gasteiger partial charge >= 0.3 is 0 Å². The van der Waals surface area contributed by atoms with Crippen LogP contribution in [-0.4, -0.2) is 84.3 Å². The molecule has 0 heterocycles. The number of nitrogens with one attached hydrogen (secondary N) is 2. The predicted molar refractivity (Wildman–Crippen MR) is 316 cm³/mol. The first-order valence-electron chi connectivity index (χ1n) is 26.0. The number of carbonyl (C=O) groups is 2. The van der Waals surface area contributed by atoms with E-state index in [1.807, 2.05) is 135 Å². The Morgan fingerprint density at radius 1 is 0.463 bits per heavy atom. The fourth-order valence-electron chi connectivity index (χ4n) is 10.8. The number of hydrogen-bond acceptors (Lipinski definition) is 12. The van der Waals surface area contributed by atoms with Crippen molar-refractivity contribution in [3.63, 3.8) is 0 Å². The number of nitrogens with zero attached hydrogens (tertiary/aromatic N) is 2. The second kappa shape index (κ2) is 23.8. The average molecular weight is 1110 g/mol. The summed E-state index contributed by atoms with van der Waals surface area (Å²) in [5.74, 6) is 0.206. The van der Waals surface area contributed by atoms with Crippen LogP contribution in [0.4, 0.5) is 11.4 Å². The Bertz CT molecular complexity index is 3620. The number of carbonyl (C=O) groups excluding carboxylic acids is 2. The lowest BCUT2D eigenvalue weighted by Gasteiger charge is -2.23. The van der Waals surface area contributed by atoms with Gasteiger partial charge in [0.05, 0.1) is 24.0 Å². The lowest BCUT2D eigenvalue weighted by atomic mass is 9.89. The van der Waals surface area contributed by atoms with Crippen LogP contribution < -0.4 is 38.2 Å². The lowest BCUT2D eigenvalue weighted by molar-refractivity contribution is -0.122. The van der Waals surface area contributed by atoms with Crippen molar-refractivity contribution in [3.8, 4) is 23.0 Å². The van der Waals surface area contributed by atoms with E-state index in [4.69, 9.17) is 18.9 Å². The van der Waals surface area contributed by atoms with Crippen molar-refractivity contribution < 1.29 is 45.4 Å². The SMILES string of the molecule is C=CCc1cc2c(OCC(=O)NS(=O)(=O)c3cccc4c(N(C)C)cccc34)c(c1)Cc1cccc(c1OC)Cc1cc(CC=C)cc(c1OCC(=O)NS(=O)(=O)c1cccc3c(N(C)C)cccc13)Cc1cccc(c1OC)C2. The van der Waals surface area contributed by atoms with Gasteiger partial charge < -0.3 is 28.7 Å². The summed E-state index contributed by atoms with van der Waals surface area (Å²) in [5.41, 5.74) is 9.48. The summed E-state index contributed by atoms with van der Waals surface area (Å²) in [6.07, 6.45) is 5.71. The van der Waals surface area contributed by atoms with Gasteiger partial charge in [0, 0.05) is 86.8 Å². The van der Waals surface area contributed by atoms with Crippen molar-refractivity contribution >= 4 is 64.8 Å². The van der Waals surface area contributed by atoms with Crippen LogP contribution in [0.1, 0.15) is 55.6 Å². The first kappa shape index (κ1) is 56.1. The van der Waals surface area contributed by atoms with E-state index in [0.717, 1.165) is 44.8 Å². The first-order chi connectivity index (χ1) is 38.4. The van der Waals surface area contributed by atoms with E-state index in [0.29, 0.717) is 79.6 Å². The fraction of sp³-hybridized carbons (Fsp3) is 0.219. The molecule has 0 radical (unpaired) electrons. The van der Waals surface area contributed by atoms with Crippen molar-refractivity contribution in [3.05, 3.63) is 214 Å². The van der Waals surface area contributed by atoms with Crippen LogP contribution in [0.15, 0.2) is 169 Å². The van der Waals surface area contributed by atoms with Gasteiger partial charge in [-0.25, -0.2) is 26.3 Å². The maximum absolute atomic E-state index is 14.0. The highest BCUT2D eigenvalue weighted by molar-refractivity contribution is 7.90. The molecule has 2 N–H and O–H groups in total. The normalized spacial score (nSPS) is 12.3. The molecule has 8 bridgehead atoms. The number of ether oxygens (including phenoxy) is 4. The molecule has 0 unspecified atom stereocenters. The van der Waals surface area contributed by atoms with Crippen LogP contribution in [0.25, 0.3) is 21.5 Å². The Balaban J connectivity index is 1.10. The van der Waals surface area contributed by atoms with Crippen LogP contribution in [0.5, 0.6) is 23.0 Å². The number of anilines is 2. The van der Waals surface area contributed by atoms with E-state index in [-0.39, 0.29) is 35.5 Å². The zero-order chi connectivity index (χ0) is 56.9. The van der Waals surface area contributed by atoms with E-state index >= 15 is 0 Å². The number of benzene rings is 8. The Labute approximate surface area is 468 Å². The van der Waals surface area contributed by atoms with Crippen LogP contribution in [0, 0.1) is 0 Å². The fourth-order valence-corrected chi connectivity index (χ4v) is 13.2. The third-order valence-electron chi connectivity index (χ3n) is 14.1. The summed E-state index contributed by atoms with van der Waals surface area (Å²) in [6, 6.07) is 40.4. The quantitative estimate of drug-likeness (QED) is 0.0781. The molecule has 0 aliphatic heterocycles. The number of fused-ring (bicyclic) bond motifs is 10. The molecule has 0 atom stereocenters.